The van der Waals surface area contributed by atoms with Crippen LogP contribution < -0.4 is 19.6 Å². The largest absolute Gasteiger partial charge is 0.486 e. The summed E-state index contributed by atoms with van der Waals surface area (Å²) in [5.74, 6) is 1.75. The molecule has 1 aliphatic rings. The standard InChI is InChI=1S/C18H18N2O4/c1-13-4-2-3-5-15(13)24-12-18(21)20-19-11-14-6-7-16-17(10-14)23-9-8-22-16/h2-7,10-11H,8-9,12H2,1H3,(H,20,21)/b19-11+. The van der Waals surface area contributed by atoms with Crippen LogP contribution in [-0.4, -0.2) is 31.9 Å². The fraction of sp³-hybridized carbons (Fsp3) is 0.222. The number of amides is 1. The number of aryl methyl sites for hydroxylation is 1. The van der Waals surface area contributed by atoms with Gasteiger partial charge in [-0.05, 0) is 42.3 Å². The van der Waals surface area contributed by atoms with Crippen LogP contribution in [0.5, 0.6) is 17.2 Å². The third kappa shape index (κ3) is 4.04. The maximum absolute atomic E-state index is 11.8. The summed E-state index contributed by atoms with van der Waals surface area (Å²) in [5, 5.41) is 3.92. The Bertz CT molecular complexity index is 758. The van der Waals surface area contributed by atoms with Crippen LogP contribution in [-0.2, 0) is 4.79 Å². The molecule has 0 atom stereocenters. The van der Waals surface area contributed by atoms with E-state index in [1.54, 1.807) is 6.21 Å². The molecule has 1 N–H and O–H groups in total. The van der Waals surface area contributed by atoms with Gasteiger partial charge in [-0.3, -0.25) is 4.79 Å². The molecule has 1 amide bonds. The van der Waals surface area contributed by atoms with E-state index in [9.17, 15) is 4.79 Å². The van der Waals surface area contributed by atoms with E-state index in [0.29, 0.717) is 30.5 Å². The normalized spacial score (nSPS) is 12.9. The topological polar surface area (TPSA) is 69.2 Å². The lowest BCUT2D eigenvalue weighted by Crippen LogP contribution is -2.24. The average molecular weight is 326 g/mol. The molecule has 3 rings (SSSR count). The smallest absolute Gasteiger partial charge is 0.277 e. The zero-order chi connectivity index (χ0) is 16.8. The first-order valence-electron chi connectivity index (χ1n) is 7.62. The van der Waals surface area contributed by atoms with Gasteiger partial charge >= 0.3 is 0 Å². The second-order valence-electron chi connectivity index (χ2n) is 5.25. The van der Waals surface area contributed by atoms with Crippen LogP contribution in [0.3, 0.4) is 0 Å². The number of nitrogens with zero attached hydrogens (tertiary/aromatic N) is 1. The average Bonchev–Trinajstić information content (AvgIpc) is 2.61. The molecule has 0 bridgehead atoms. The monoisotopic (exact) mass is 326 g/mol. The van der Waals surface area contributed by atoms with Crippen molar-refractivity contribution in [1.82, 2.24) is 5.43 Å². The number of carbonyl (C=O) groups is 1. The molecule has 24 heavy (non-hydrogen) atoms. The molecule has 6 heteroatoms. The van der Waals surface area contributed by atoms with E-state index in [0.717, 1.165) is 11.1 Å². The minimum atomic E-state index is -0.327. The molecular formula is C18H18N2O4. The molecule has 0 saturated heterocycles. The number of fused-ring (bicyclic) bond motifs is 1. The zero-order valence-electron chi connectivity index (χ0n) is 13.3. The zero-order valence-corrected chi connectivity index (χ0v) is 13.3. The van der Waals surface area contributed by atoms with Gasteiger partial charge in [-0.2, -0.15) is 5.10 Å². The first-order valence-corrected chi connectivity index (χ1v) is 7.62. The third-order valence-corrected chi connectivity index (χ3v) is 3.42. The number of hydrazone groups is 1. The fourth-order valence-electron chi connectivity index (χ4n) is 2.21. The predicted molar refractivity (Wildman–Crippen MR) is 89.8 cm³/mol. The van der Waals surface area contributed by atoms with Gasteiger partial charge in [0.15, 0.2) is 18.1 Å². The summed E-state index contributed by atoms with van der Waals surface area (Å²) in [4.78, 5) is 11.8. The molecule has 0 radical (unpaired) electrons. The molecule has 0 fully saturated rings. The van der Waals surface area contributed by atoms with E-state index < -0.39 is 0 Å². The Morgan fingerprint density at radius 2 is 2.00 bits per heavy atom. The first-order chi connectivity index (χ1) is 11.7. The van der Waals surface area contributed by atoms with Gasteiger partial charge in [0, 0.05) is 0 Å². The SMILES string of the molecule is Cc1ccccc1OCC(=O)N/N=C/c1ccc2c(c1)OCCO2. The number of hydrogen-bond acceptors (Lipinski definition) is 5. The molecule has 0 aromatic heterocycles. The third-order valence-electron chi connectivity index (χ3n) is 3.42. The van der Waals surface area contributed by atoms with Gasteiger partial charge in [0.2, 0.25) is 0 Å². The minimum absolute atomic E-state index is 0.0939. The summed E-state index contributed by atoms with van der Waals surface area (Å²) in [7, 11) is 0. The Morgan fingerprint density at radius 1 is 1.21 bits per heavy atom. The van der Waals surface area contributed by atoms with Crippen molar-refractivity contribution in [3.8, 4) is 17.2 Å². The van der Waals surface area contributed by atoms with Gasteiger partial charge < -0.3 is 14.2 Å². The second kappa shape index (κ2) is 7.50. The molecule has 2 aromatic rings. The number of para-hydroxylation sites is 1. The summed E-state index contributed by atoms with van der Waals surface area (Å²) in [5.41, 5.74) is 4.22. The van der Waals surface area contributed by atoms with Gasteiger partial charge in [-0.15, -0.1) is 0 Å². The molecule has 0 spiro atoms. The second-order valence-corrected chi connectivity index (χ2v) is 5.25. The molecule has 0 unspecified atom stereocenters. The van der Waals surface area contributed by atoms with Crippen molar-refractivity contribution in [3.05, 3.63) is 53.6 Å². The Morgan fingerprint density at radius 3 is 2.83 bits per heavy atom. The molecule has 124 valence electrons. The lowest BCUT2D eigenvalue weighted by Gasteiger charge is -2.18. The highest BCUT2D eigenvalue weighted by atomic mass is 16.6. The lowest BCUT2D eigenvalue weighted by atomic mass is 10.2. The van der Waals surface area contributed by atoms with Crippen molar-refractivity contribution < 1.29 is 19.0 Å². The van der Waals surface area contributed by atoms with E-state index in [4.69, 9.17) is 14.2 Å². The highest BCUT2D eigenvalue weighted by Gasteiger charge is 2.11. The summed E-state index contributed by atoms with van der Waals surface area (Å²) in [6.07, 6.45) is 1.55. The van der Waals surface area contributed by atoms with Crippen LogP contribution in [0.2, 0.25) is 0 Å². The minimum Gasteiger partial charge on any atom is -0.486 e. The number of nitrogens with one attached hydrogen (secondary N) is 1. The summed E-state index contributed by atoms with van der Waals surface area (Å²) in [6.45, 7) is 2.91. The molecule has 6 nitrogen and oxygen atoms in total. The van der Waals surface area contributed by atoms with Gasteiger partial charge in [-0.25, -0.2) is 5.43 Å². The van der Waals surface area contributed by atoms with E-state index in [1.165, 1.54) is 0 Å². The highest BCUT2D eigenvalue weighted by molar-refractivity contribution is 5.83. The first kappa shape index (κ1) is 15.9. The van der Waals surface area contributed by atoms with E-state index >= 15 is 0 Å². The van der Waals surface area contributed by atoms with Crippen molar-refractivity contribution >= 4 is 12.1 Å². The Labute approximate surface area is 140 Å². The Kier molecular flexibility index (Phi) is 4.96. The maximum atomic E-state index is 11.8. The number of carbonyl (C=O) groups excluding carboxylic acids is 1. The summed E-state index contributed by atoms with van der Waals surface area (Å²) < 4.78 is 16.4. The number of hydrogen-bond donors (Lipinski definition) is 1. The van der Waals surface area contributed by atoms with Crippen LogP contribution in [0.1, 0.15) is 11.1 Å². The van der Waals surface area contributed by atoms with Crippen molar-refractivity contribution in [3.63, 3.8) is 0 Å². The van der Waals surface area contributed by atoms with Gasteiger partial charge in [0.25, 0.3) is 5.91 Å². The van der Waals surface area contributed by atoms with Gasteiger partial charge in [0.05, 0.1) is 6.21 Å². The van der Waals surface area contributed by atoms with Crippen LogP contribution in [0.25, 0.3) is 0 Å². The van der Waals surface area contributed by atoms with Crippen molar-refractivity contribution in [2.45, 2.75) is 6.92 Å². The van der Waals surface area contributed by atoms with Crippen LogP contribution in [0, 0.1) is 6.92 Å². The van der Waals surface area contributed by atoms with Crippen LogP contribution in [0.4, 0.5) is 0 Å². The van der Waals surface area contributed by atoms with Gasteiger partial charge in [-0.1, -0.05) is 18.2 Å². The highest BCUT2D eigenvalue weighted by Crippen LogP contribution is 2.30. The van der Waals surface area contributed by atoms with E-state index in [2.05, 4.69) is 10.5 Å². The summed E-state index contributed by atoms with van der Waals surface area (Å²) in [6, 6.07) is 13.0. The van der Waals surface area contributed by atoms with E-state index in [-0.39, 0.29) is 12.5 Å². The molecule has 1 heterocycles. The van der Waals surface area contributed by atoms with Gasteiger partial charge in [0.1, 0.15) is 19.0 Å². The number of benzene rings is 2. The van der Waals surface area contributed by atoms with E-state index in [1.807, 2.05) is 49.4 Å². The van der Waals surface area contributed by atoms with Crippen molar-refractivity contribution in [1.29, 1.82) is 0 Å². The molecule has 0 saturated carbocycles. The van der Waals surface area contributed by atoms with Crippen LogP contribution in [0.15, 0.2) is 47.6 Å². The molecule has 0 aliphatic carbocycles. The maximum Gasteiger partial charge on any atom is 0.277 e. The quantitative estimate of drug-likeness (QED) is 0.676. The predicted octanol–water partition coefficient (Wildman–Crippen LogP) is 2.30. The lowest BCUT2D eigenvalue weighted by molar-refractivity contribution is -0.123. The fourth-order valence-corrected chi connectivity index (χ4v) is 2.21. The van der Waals surface area contributed by atoms with Crippen LogP contribution >= 0.6 is 0 Å². The number of rotatable bonds is 5. The Balaban J connectivity index is 1.51. The Hall–Kier alpha value is -3.02. The molecule has 1 aliphatic heterocycles. The van der Waals surface area contributed by atoms with Crippen molar-refractivity contribution in [2.24, 2.45) is 5.10 Å². The van der Waals surface area contributed by atoms with Crippen molar-refractivity contribution in [2.75, 3.05) is 19.8 Å². The molecular weight excluding hydrogens is 308 g/mol. The molecule has 2 aromatic carbocycles. The number of ether oxygens (including phenoxy) is 3. The summed E-state index contributed by atoms with van der Waals surface area (Å²) >= 11 is 0.